The summed E-state index contributed by atoms with van der Waals surface area (Å²) in [4.78, 5) is 12.4. The average molecular weight is 381 g/mol. The largest absolute Gasteiger partial charge is 0.333 e. The van der Waals surface area contributed by atoms with Gasteiger partial charge in [0.15, 0.2) is 18.2 Å². The van der Waals surface area contributed by atoms with Crippen LogP contribution < -0.4 is 10.6 Å². The molecule has 1 atom stereocenters. The van der Waals surface area contributed by atoms with Crippen LogP contribution in [0, 0.1) is 11.6 Å². The number of quaternary nitrogens is 1. The molecule has 0 radical (unpaired) electrons. The van der Waals surface area contributed by atoms with Gasteiger partial charge >= 0.3 is 0 Å². The van der Waals surface area contributed by atoms with Crippen LogP contribution in [0.25, 0.3) is 0 Å². The van der Waals surface area contributed by atoms with E-state index < -0.39 is 11.6 Å². The van der Waals surface area contributed by atoms with Crippen LogP contribution in [0.1, 0.15) is 29.7 Å². The van der Waals surface area contributed by atoms with Crippen molar-refractivity contribution in [1.82, 2.24) is 0 Å². The van der Waals surface area contributed by atoms with Crippen molar-refractivity contribution in [2.24, 2.45) is 0 Å². The Hall–Kier alpha value is -3.05. The van der Waals surface area contributed by atoms with Gasteiger partial charge in [0.1, 0.15) is 6.04 Å². The third-order valence-corrected chi connectivity index (χ3v) is 4.66. The number of nitrogens with one attached hydrogen (secondary N) is 1. The lowest BCUT2D eigenvalue weighted by molar-refractivity contribution is -0.682. The zero-order valence-electron chi connectivity index (χ0n) is 15.7. The van der Waals surface area contributed by atoms with Crippen molar-refractivity contribution in [3.05, 3.63) is 101 Å². The van der Waals surface area contributed by atoms with Crippen molar-refractivity contribution in [3.8, 4) is 0 Å². The van der Waals surface area contributed by atoms with Crippen molar-refractivity contribution in [2.75, 3.05) is 11.9 Å². The molecular weight excluding hydrogens is 358 g/mol. The van der Waals surface area contributed by atoms with E-state index in [1.54, 1.807) is 5.32 Å². The lowest BCUT2D eigenvalue weighted by atomic mass is 10.0. The van der Waals surface area contributed by atoms with Crippen LogP contribution in [0.2, 0.25) is 0 Å². The first-order valence-corrected chi connectivity index (χ1v) is 9.23. The molecule has 1 amide bonds. The molecule has 0 aliphatic heterocycles. The second kappa shape index (κ2) is 9.24. The number of carbonyl (C=O) groups excluding carboxylic acids is 1. The van der Waals surface area contributed by atoms with Gasteiger partial charge in [0.2, 0.25) is 0 Å². The monoisotopic (exact) mass is 381 g/mol. The van der Waals surface area contributed by atoms with Crippen LogP contribution in [0.5, 0.6) is 0 Å². The van der Waals surface area contributed by atoms with Crippen LogP contribution in [0.4, 0.5) is 14.5 Å². The summed E-state index contributed by atoms with van der Waals surface area (Å²) in [5, 5.41) is 4.75. The first-order valence-electron chi connectivity index (χ1n) is 9.23. The summed E-state index contributed by atoms with van der Waals surface area (Å²) in [5.41, 5.74) is 3.62. The van der Waals surface area contributed by atoms with E-state index in [-0.39, 0.29) is 18.5 Å². The molecule has 0 bridgehead atoms. The Morgan fingerprint density at radius 3 is 2.43 bits per heavy atom. The summed E-state index contributed by atoms with van der Waals surface area (Å²) < 4.78 is 26.4. The molecule has 5 heteroatoms. The number of nitrogens with two attached hydrogens (primary N) is 1. The Morgan fingerprint density at radius 2 is 1.68 bits per heavy atom. The summed E-state index contributed by atoms with van der Waals surface area (Å²) in [6.45, 7) is 2.03. The highest BCUT2D eigenvalue weighted by molar-refractivity contribution is 5.92. The maximum Gasteiger partial charge on any atom is 0.279 e. The number of carbonyl (C=O) groups is 1. The summed E-state index contributed by atoms with van der Waals surface area (Å²) in [6.07, 6.45) is 0.728. The molecule has 0 aliphatic rings. The van der Waals surface area contributed by atoms with Gasteiger partial charge in [-0.25, -0.2) is 8.78 Å². The second-order valence-electron chi connectivity index (χ2n) is 6.77. The van der Waals surface area contributed by atoms with Crippen LogP contribution in [-0.4, -0.2) is 12.5 Å². The molecule has 0 fully saturated rings. The minimum Gasteiger partial charge on any atom is -0.333 e. The predicted molar refractivity (Wildman–Crippen MR) is 106 cm³/mol. The van der Waals surface area contributed by atoms with E-state index in [1.165, 1.54) is 17.7 Å². The normalized spacial score (nSPS) is 11.8. The Labute approximate surface area is 163 Å². The molecule has 0 saturated heterocycles. The second-order valence-corrected chi connectivity index (χ2v) is 6.77. The molecule has 0 heterocycles. The number of anilines is 1. The lowest BCUT2D eigenvalue weighted by Gasteiger charge is -2.13. The highest BCUT2D eigenvalue weighted by Gasteiger charge is 2.14. The highest BCUT2D eigenvalue weighted by atomic mass is 19.2. The summed E-state index contributed by atoms with van der Waals surface area (Å²) in [7, 11) is 0. The van der Waals surface area contributed by atoms with Gasteiger partial charge in [0, 0.05) is 11.3 Å². The molecule has 0 aromatic heterocycles. The minimum absolute atomic E-state index is 0.144. The first kappa shape index (κ1) is 19.7. The maximum atomic E-state index is 13.4. The summed E-state index contributed by atoms with van der Waals surface area (Å²) in [5.74, 6) is -1.89. The fraction of sp³-hybridized carbons (Fsp3) is 0.174. The fourth-order valence-corrected chi connectivity index (χ4v) is 3.03. The number of hydrogen-bond acceptors (Lipinski definition) is 1. The Balaban J connectivity index is 1.59. The molecule has 3 rings (SSSR count). The van der Waals surface area contributed by atoms with Gasteiger partial charge in [-0.05, 0) is 48.7 Å². The Bertz CT molecular complexity index is 944. The summed E-state index contributed by atoms with van der Waals surface area (Å²) in [6, 6.07) is 21.4. The van der Waals surface area contributed by atoms with E-state index in [4.69, 9.17) is 0 Å². The van der Waals surface area contributed by atoms with E-state index >= 15 is 0 Å². The molecule has 0 spiro atoms. The van der Waals surface area contributed by atoms with E-state index in [9.17, 15) is 13.6 Å². The van der Waals surface area contributed by atoms with Gasteiger partial charge in [0.05, 0.1) is 0 Å². The zero-order valence-corrected chi connectivity index (χ0v) is 15.7. The minimum atomic E-state index is -0.878. The molecule has 28 heavy (non-hydrogen) atoms. The van der Waals surface area contributed by atoms with Gasteiger partial charge in [-0.1, -0.05) is 48.5 Å². The van der Waals surface area contributed by atoms with Crippen molar-refractivity contribution in [1.29, 1.82) is 0 Å². The number of hydrogen-bond donors (Lipinski definition) is 2. The maximum absolute atomic E-state index is 13.4. The number of halogens is 2. The quantitative estimate of drug-likeness (QED) is 0.642. The highest BCUT2D eigenvalue weighted by Crippen LogP contribution is 2.19. The zero-order chi connectivity index (χ0) is 19.9. The summed E-state index contributed by atoms with van der Waals surface area (Å²) >= 11 is 0. The van der Waals surface area contributed by atoms with Gasteiger partial charge in [-0.15, -0.1) is 0 Å². The van der Waals surface area contributed by atoms with E-state index in [0.29, 0.717) is 5.56 Å². The molecule has 3 nitrogen and oxygen atoms in total. The fourth-order valence-electron chi connectivity index (χ4n) is 3.03. The standard InChI is InChI=1S/C23H22F2N2O/c1-16(18-11-12-20(24)21(25)14-18)26-15-23(28)27-22-10-6-5-9-19(22)13-17-7-3-2-4-8-17/h2-12,14,16,26H,13,15H2,1H3,(H,27,28)/p+1/t16-/m1/s1. The van der Waals surface area contributed by atoms with Crippen molar-refractivity contribution >= 4 is 11.6 Å². The molecule has 0 aliphatic carbocycles. The lowest BCUT2D eigenvalue weighted by Crippen LogP contribution is -2.86. The molecule has 144 valence electrons. The molecule has 3 N–H and O–H groups in total. The Kier molecular flexibility index (Phi) is 6.50. The number of rotatable bonds is 7. The molecule has 3 aromatic rings. The van der Waals surface area contributed by atoms with E-state index in [2.05, 4.69) is 17.4 Å². The van der Waals surface area contributed by atoms with Gasteiger partial charge in [-0.3, -0.25) is 4.79 Å². The Morgan fingerprint density at radius 1 is 0.964 bits per heavy atom. The third-order valence-electron chi connectivity index (χ3n) is 4.66. The SMILES string of the molecule is C[C@@H]([NH2+]CC(=O)Nc1ccccc1Cc1ccccc1)c1ccc(F)c(F)c1. The third kappa shape index (κ3) is 5.24. The van der Waals surface area contributed by atoms with Crippen LogP contribution in [-0.2, 0) is 11.2 Å². The van der Waals surface area contributed by atoms with Gasteiger partial charge < -0.3 is 10.6 Å². The predicted octanol–water partition coefficient (Wildman–Crippen LogP) is 3.82. The molecule has 0 unspecified atom stereocenters. The number of benzene rings is 3. The first-order chi connectivity index (χ1) is 13.5. The van der Waals surface area contributed by atoms with E-state index in [1.807, 2.05) is 49.4 Å². The van der Waals surface area contributed by atoms with Crippen molar-refractivity contribution in [2.45, 2.75) is 19.4 Å². The molecule has 3 aromatic carbocycles. The molecule has 0 saturated carbocycles. The number of amides is 1. The van der Waals surface area contributed by atoms with Crippen LogP contribution in [0.3, 0.4) is 0 Å². The van der Waals surface area contributed by atoms with Gasteiger partial charge in [0.25, 0.3) is 5.91 Å². The topological polar surface area (TPSA) is 45.7 Å². The van der Waals surface area contributed by atoms with Gasteiger partial charge in [-0.2, -0.15) is 0 Å². The smallest absolute Gasteiger partial charge is 0.279 e. The van der Waals surface area contributed by atoms with E-state index in [0.717, 1.165) is 23.7 Å². The average Bonchev–Trinajstić information content (AvgIpc) is 2.70. The van der Waals surface area contributed by atoms with Crippen molar-refractivity contribution in [3.63, 3.8) is 0 Å². The van der Waals surface area contributed by atoms with Crippen molar-refractivity contribution < 1.29 is 18.9 Å². The number of para-hydroxylation sites is 1. The van der Waals surface area contributed by atoms with Crippen LogP contribution in [0.15, 0.2) is 72.8 Å². The van der Waals surface area contributed by atoms with Crippen LogP contribution >= 0.6 is 0 Å². The molecular formula is C23H23F2N2O+.